The van der Waals surface area contributed by atoms with Gasteiger partial charge < -0.3 is 4.74 Å². The number of hydrogen-bond donors (Lipinski definition) is 1. The number of benzene rings is 2. The molecule has 136 valence electrons. The lowest BCUT2D eigenvalue weighted by Crippen LogP contribution is -2.16. The number of methoxy groups -OCH3 is 1. The first-order chi connectivity index (χ1) is 11.5. The maximum absolute atomic E-state index is 12.8. The number of halogens is 4. The van der Waals surface area contributed by atoms with Crippen molar-refractivity contribution in [2.24, 2.45) is 0 Å². The summed E-state index contributed by atoms with van der Waals surface area (Å²) in [5.74, 6) is 0.348. The van der Waals surface area contributed by atoms with E-state index in [1.54, 1.807) is 19.9 Å². The van der Waals surface area contributed by atoms with Gasteiger partial charge in [0.2, 0.25) is 0 Å². The average Bonchev–Trinajstić information content (AvgIpc) is 2.48. The van der Waals surface area contributed by atoms with Gasteiger partial charge in [-0.25, -0.2) is 8.42 Å². The van der Waals surface area contributed by atoms with Crippen LogP contribution in [0.3, 0.4) is 0 Å². The second-order valence-electron chi connectivity index (χ2n) is 5.39. The molecule has 0 aliphatic carbocycles. The fraction of sp³-hybridized carbons (Fsp3) is 0.250. The molecule has 0 bridgehead atoms. The highest BCUT2D eigenvalue weighted by Gasteiger charge is 2.31. The van der Waals surface area contributed by atoms with Crippen LogP contribution in [0.5, 0.6) is 5.75 Å². The topological polar surface area (TPSA) is 55.4 Å². The molecule has 0 amide bonds. The Labute approximate surface area is 148 Å². The van der Waals surface area contributed by atoms with Gasteiger partial charge in [-0.05, 0) is 43.2 Å². The Morgan fingerprint density at radius 3 is 2.28 bits per heavy atom. The molecule has 4 nitrogen and oxygen atoms in total. The SMILES string of the molecule is COc1cc(S(=O)(=O)Nc2cc(C(F)(F)F)ccc2Cl)c(C)cc1C. The summed E-state index contributed by atoms with van der Waals surface area (Å²) in [6.07, 6.45) is -4.62. The van der Waals surface area contributed by atoms with Gasteiger partial charge in [-0.2, -0.15) is 13.2 Å². The molecule has 0 unspecified atom stereocenters. The summed E-state index contributed by atoms with van der Waals surface area (Å²) < 4.78 is 70.9. The van der Waals surface area contributed by atoms with E-state index in [0.717, 1.165) is 17.7 Å². The molecule has 0 saturated heterocycles. The van der Waals surface area contributed by atoms with Crippen molar-refractivity contribution in [1.29, 1.82) is 0 Å². The first kappa shape index (κ1) is 19.4. The summed E-state index contributed by atoms with van der Waals surface area (Å²) in [6, 6.07) is 5.35. The van der Waals surface area contributed by atoms with Gasteiger partial charge >= 0.3 is 6.18 Å². The van der Waals surface area contributed by atoms with Gasteiger partial charge in [0.25, 0.3) is 10.0 Å². The summed E-state index contributed by atoms with van der Waals surface area (Å²) >= 11 is 5.84. The van der Waals surface area contributed by atoms with Gasteiger partial charge in [0.1, 0.15) is 5.75 Å². The monoisotopic (exact) mass is 393 g/mol. The highest BCUT2D eigenvalue weighted by molar-refractivity contribution is 7.92. The van der Waals surface area contributed by atoms with Gasteiger partial charge in [0.05, 0.1) is 28.3 Å². The maximum Gasteiger partial charge on any atom is 0.416 e. The molecule has 9 heteroatoms. The minimum Gasteiger partial charge on any atom is -0.496 e. The third kappa shape index (κ3) is 4.19. The number of ether oxygens (including phenoxy) is 1. The molecule has 2 aromatic carbocycles. The van der Waals surface area contributed by atoms with Crippen LogP contribution in [0.2, 0.25) is 5.02 Å². The number of rotatable bonds is 4. The second-order valence-corrected chi connectivity index (χ2v) is 7.44. The van der Waals surface area contributed by atoms with E-state index in [0.29, 0.717) is 17.4 Å². The lowest BCUT2D eigenvalue weighted by molar-refractivity contribution is -0.137. The van der Waals surface area contributed by atoms with Crippen LogP contribution in [0, 0.1) is 13.8 Å². The van der Waals surface area contributed by atoms with E-state index < -0.39 is 21.8 Å². The summed E-state index contributed by atoms with van der Waals surface area (Å²) in [4.78, 5) is -0.108. The van der Waals surface area contributed by atoms with Crippen LogP contribution < -0.4 is 9.46 Å². The van der Waals surface area contributed by atoms with Gasteiger partial charge in [-0.3, -0.25) is 4.72 Å². The standard InChI is InChI=1S/C16H15ClF3NO3S/c1-9-6-10(2)15(8-14(9)24-3)25(22,23)21-13-7-11(16(18,19)20)4-5-12(13)17/h4-8,21H,1-3H3. The minimum absolute atomic E-state index is 0.108. The molecular weight excluding hydrogens is 379 g/mol. The number of anilines is 1. The van der Waals surface area contributed by atoms with Gasteiger partial charge in [-0.1, -0.05) is 17.7 Å². The molecular formula is C16H15ClF3NO3S. The zero-order valence-electron chi connectivity index (χ0n) is 13.5. The van der Waals surface area contributed by atoms with Crippen molar-refractivity contribution in [3.63, 3.8) is 0 Å². The van der Waals surface area contributed by atoms with Crippen molar-refractivity contribution in [1.82, 2.24) is 0 Å². The van der Waals surface area contributed by atoms with Crippen LogP contribution >= 0.6 is 11.6 Å². The van der Waals surface area contributed by atoms with E-state index in [2.05, 4.69) is 4.72 Å². The van der Waals surface area contributed by atoms with E-state index in [1.807, 2.05) is 0 Å². The quantitative estimate of drug-likeness (QED) is 0.812. The first-order valence-corrected chi connectivity index (χ1v) is 8.86. The molecule has 0 aromatic heterocycles. The Kier molecular flexibility index (Phi) is 5.24. The maximum atomic E-state index is 12.8. The summed E-state index contributed by atoms with van der Waals surface area (Å²) in [5, 5.41) is -0.145. The largest absolute Gasteiger partial charge is 0.496 e. The second kappa shape index (κ2) is 6.76. The molecule has 0 radical (unpaired) electrons. The highest BCUT2D eigenvalue weighted by atomic mass is 35.5. The summed E-state index contributed by atoms with van der Waals surface area (Å²) in [6.45, 7) is 3.33. The Hall–Kier alpha value is -1.93. The number of hydrogen-bond acceptors (Lipinski definition) is 3. The number of sulfonamides is 1. The van der Waals surface area contributed by atoms with Crippen LogP contribution in [-0.2, 0) is 16.2 Å². The third-order valence-electron chi connectivity index (χ3n) is 3.52. The highest BCUT2D eigenvalue weighted by Crippen LogP contribution is 2.35. The zero-order chi connectivity index (χ0) is 19.0. The summed E-state index contributed by atoms with van der Waals surface area (Å²) in [5.41, 5.74) is -0.201. The third-order valence-corrected chi connectivity index (χ3v) is 5.36. The lowest BCUT2D eigenvalue weighted by Gasteiger charge is -2.15. The first-order valence-electron chi connectivity index (χ1n) is 7.00. The molecule has 0 fully saturated rings. The smallest absolute Gasteiger partial charge is 0.416 e. The molecule has 25 heavy (non-hydrogen) atoms. The van der Waals surface area contributed by atoms with E-state index in [-0.39, 0.29) is 15.6 Å². The zero-order valence-corrected chi connectivity index (χ0v) is 15.1. The van der Waals surface area contributed by atoms with Crippen LogP contribution in [-0.4, -0.2) is 15.5 Å². The minimum atomic E-state index is -4.62. The molecule has 0 saturated carbocycles. The van der Waals surface area contributed by atoms with Gasteiger partial charge in [-0.15, -0.1) is 0 Å². The molecule has 1 N–H and O–H groups in total. The predicted molar refractivity (Wildman–Crippen MR) is 89.7 cm³/mol. The van der Waals surface area contributed by atoms with E-state index in [1.165, 1.54) is 13.2 Å². The number of aryl methyl sites for hydroxylation is 2. The van der Waals surface area contributed by atoms with Gasteiger partial charge in [0, 0.05) is 6.07 Å². The van der Waals surface area contributed by atoms with Crippen LogP contribution in [0.25, 0.3) is 0 Å². The molecule has 0 spiro atoms. The summed E-state index contributed by atoms with van der Waals surface area (Å²) in [7, 11) is -2.77. The number of alkyl halides is 3. The molecule has 0 aliphatic rings. The molecule has 0 aliphatic heterocycles. The van der Waals surface area contributed by atoms with Crippen molar-refractivity contribution in [2.75, 3.05) is 11.8 Å². The fourth-order valence-electron chi connectivity index (χ4n) is 2.30. The van der Waals surface area contributed by atoms with Crippen LogP contribution in [0.1, 0.15) is 16.7 Å². The predicted octanol–water partition coefficient (Wildman–Crippen LogP) is 4.79. The Morgan fingerprint density at radius 1 is 1.08 bits per heavy atom. The van der Waals surface area contributed by atoms with Crippen LogP contribution in [0.15, 0.2) is 35.2 Å². The molecule has 0 atom stereocenters. The normalized spacial score (nSPS) is 12.1. The van der Waals surface area contributed by atoms with Crippen molar-refractivity contribution in [2.45, 2.75) is 24.9 Å². The van der Waals surface area contributed by atoms with Crippen molar-refractivity contribution < 1.29 is 26.3 Å². The molecule has 0 heterocycles. The van der Waals surface area contributed by atoms with Crippen molar-refractivity contribution in [3.8, 4) is 5.75 Å². The Morgan fingerprint density at radius 2 is 1.72 bits per heavy atom. The lowest BCUT2D eigenvalue weighted by atomic mass is 10.1. The molecule has 2 aromatic rings. The fourth-order valence-corrected chi connectivity index (χ4v) is 3.84. The Balaban J connectivity index is 2.50. The number of nitrogens with one attached hydrogen (secondary N) is 1. The van der Waals surface area contributed by atoms with E-state index in [4.69, 9.17) is 16.3 Å². The molecule has 2 rings (SSSR count). The van der Waals surface area contributed by atoms with Crippen molar-refractivity contribution in [3.05, 3.63) is 52.0 Å². The van der Waals surface area contributed by atoms with Crippen LogP contribution in [0.4, 0.5) is 18.9 Å². The van der Waals surface area contributed by atoms with E-state index >= 15 is 0 Å². The average molecular weight is 394 g/mol. The van der Waals surface area contributed by atoms with Crippen molar-refractivity contribution >= 4 is 27.3 Å². The van der Waals surface area contributed by atoms with E-state index in [9.17, 15) is 21.6 Å². The van der Waals surface area contributed by atoms with Gasteiger partial charge in [0.15, 0.2) is 0 Å². The Bertz CT molecular complexity index is 912.